The molecule has 0 fully saturated rings. The van der Waals surface area contributed by atoms with Crippen molar-refractivity contribution >= 4 is 33.0 Å². The molecule has 0 aliphatic carbocycles. The summed E-state index contributed by atoms with van der Waals surface area (Å²) in [4.78, 5) is 4.40. The van der Waals surface area contributed by atoms with Crippen molar-refractivity contribution in [2.45, 2.75) is 6.92 Å². The monoisotopic (exact) mass is 336 g/mol. The number of anilines is 1. The second-order valence-corrected chi connectivity index (χ2v) is 7.12. The van der Waals surface area contributed by atoms with Crippen molar-refractivity contribution in [3.05, 3.63) is 47.6 Å². The van der Waals surface area contributed by atoms with E-state index in [9.17, 15) is 8.42 Å². The average Bonchev–Trinajstić information content (AvgIpc) is 2.90. The van der Waals surface area contributed by atoms with Gasteiger partial charge in [-0.1, -0.05) is 23.7 Å². The van der Waals surface area contributed by atoms with Crippen LogP contribution in [0.25, 0.3) is 17.0 Å². The first-order valence-corrected chi connectivity index (χ1v) is 8.63. The van der Waals surface area contributed by atoms with Crippen LogP contribution in [0.1, 0.15) is 6.92 Å². The lowest BCUT2D eigenvalue weighted by Crippen LogP contribution is -2.14. The van der Waals surface area contributed by atoms with Crippen LogP contribution in [-0.4, -0.2) is 28.8 Å². The molecule has 0 radical (unpaired) electrons. The van der Waals surface area contributed by atoms with E-state index in [0.29, 0.717) is 22.2 Å². The number of fused-ring (bicyclic) bond motifs is 1. The number of nitrogens with zero attached hydrogens (tertiary/aromatic N) is 3. The van der Waals surface area contributed by atoms with E-state index in [1.54, 1.807) is 37.4 Å². The summed E-state index contributed by atoms with van der Waals surface area (Å²) in [5, 5.41) is 4.96. The Labute approximate surface area is 132 Å². The van der Waals surface area contributed by atoms with Gasteiger partial charge in [-0.15, -0.1) is 5.10 Å². The molecule has 0 aliphatic heterocycles. The first kappa shape index (κ1) is 14.8. The summed E-state index contributed by atoms with van der Waals surface area (Å²) < 4.78 is 27.2. The lowest BCUT2D eigenvalue weighted by Gasteiger charge is -2.05. The number of nitrogens with one attached hydrogen (secondary N) is 1. The summed E-state index contributed by atoms with van der Waals surface area (Å²) in [5.74, 6) is 0.536. The summed E-state index contributed by atoms with van der Waals surface area (Å²) in [7, 11) is -3.32. The second-order valence-electron chi connectivity index (χ2n) is 4.67. The Balaban J connectivity index is 2.00. The van der Waals surface area contributed by atoms with Gasteiger partial charge in [-0.3, -0.25) is 4.72 Å². The number of hydrogen-bond acceptors (Lipinski definition) is 4. The zero-order valence-electron chi connectivity index (χ0n) is 11.7. The number of sulfonamides is 1. The smallest absolute Gasteiger partial charge is 0.232 e. The normalized spacial score (nSPS) is 11.7. The first-order valence-electron chi connectivity index (χ1n) is 6.60. The van der Waals surface area contributed by atoms with Gasteiger partial charge in [-0.05, 0) is 31.2 Å². The topological polar surface area (TPSA) is 76.4 Å². The number of hydrogen-bond donors (Lipinski definition) is 1. The highest BCUT2D eigenvalue weighted by atomic mass is 35.5. The highest BCUT2D eigenvalue weighted by molar-refractivity contribution is 7.92. The van der Waals surface area contributed by atoms with Crippen LogP contribution in [0, 0.1) is 0 Å². The van der Waals surface area contributed by atoms with Crippen molar-refractivity contribution in [3.8, 4) is 11.4 Å². The molecular weight excluding hydrogens is 324 g/mol. The maximum atomic E-state index is 11.6. The maximum Gasteiger partial charge on any atom is 0.232 e. The molecule has 22 heavy (non-hydrogen) atoms. The minimum Gasteiger partial charge on any atom is -0.282 e. The third-order valence-electron chi connectivity index (χ3n) is 3.07. The van der Waals surface area contributed by atoms with Crippen LogP contribution in [0.5, 0.6) is 0 Å². The van der Waals surface area contributed by atoms with Gasteiger partial charge < -0.3 is 0 Å². The molecule has 0 amide bonds. The van der Waals surface area contributed by atoms with Crippen LogP contribution in [0.15, 0.2) is 42.6 Å². The van der Waals surface area contributed by atoms with E-state index < -0.39 is 10.0 Å². The van der Waals surface area contributed by atoms with E-state index in [-0.39, 0.29) is 5.75 Å². The van der Waals surface area contributed by atoms with Crippen LogP contribution < -0.4 is 4.72 Å². The molecule has 0 saturated heterocycles. The molecule has 0 saturated carbocycles. The van der Waals surface area contributed by atoms with Crippen molar-refractivity contribution in [1.82, 2.24) is 14.6 Å². The molecule has 2 heterocycles. The SMILES string of the molecule is CCS(=O)(=O)Nc1ccc2nc(-c3cccc(Cl)c3)nn2c1. The van der Waals surface area contributed by atoms with Gasteiger partial charge in [0, 0.05) is 10.6 Å². The zero-order valence-corrected chi connectivity index (χ0v) is 13.3. The summed E-state index contributed by atoms with van der Waals surface area (Å²) >= 11 is 5.97. The van der Waals surface area contributed by atoms with Crippen LogP contribution in [0.3, 0.4) is 0 Å². The van der Waals surface area contributed by atoms with Gasteiger partial charge in [0.25, 0.3) is 0 Å². The lowest BCUT2D eigenvalue weighted by molar-refractivity contribution is 0.602. The van der Waals surface area contributed by atoms with Crippen LogP contribution in [-0.2, 0) is 10.0 Å². The molecule has 6 nitrogen and oxygen atoms in total. The highest BCUT2D eigenvalue weighted by Crippen LogP contribution is 2.21. The predicted molar refractivity (Wildman–Crippen MR) is 86.5 cm³/mol. The van der Waals surface area contributed by atoms with Gasteiger partial charge in [0.15, 0.2) is 11.5 Å². The molecule has 0 unspecified atom stereocenters. The number of halogens is 1. The molecule has 8 heteroatoms. The molecule has 0 bridgehead atoms. The van der Waals surface area contributed by atoms with E-state index in [0.717, 1.165) is 5.56 Å². The van der Waals surface area contributed by atoms with Gasteiger partial charge >= 0.3 is 0 Å². The molecule has 0 atom stereocenters. The van der Waals surface area contributed by atoms with E-state index in [1.165, 1.54) is 4.52 Å². The van der Waals surface area contributed by atoms with Crippen molar-refractivity contribution in [2.24, 2.45) is 0 Å². The van der Waals surface area contributed by atoms with Crippen molar-refractivity contribution < 1.29 is 8.42 Å². The van der Waals surface area contributed by atoms with Gasteiger partial charge in [0.1, 0.15) is 0 Å². The average molecular weight is 337 g/mol. The number of pyridine rings is 1. The lowest BCUT2D eigenvalue weighted by atomic mass is 10.2. The number of aromatic nitrogens is 3. The predicted octanol–water partition coefficient (Wildman–Crippen LogP) is 2.81. The summed E-state index contributed by atoms with van der Waals surface area (Å²) in [5.41, 5.74) is 1.86. The summed E-state index contributed by atoms with van der Waals surface area (Å²) in [6, 6.07) is 10.6. The Hall–Kier alpha value is -2.12. The summed E-state index contributed by atoms with van der Waals surface area (Å²) in [6.45, 7) is 1.58. The van der Waals surface area contributed by atoms with Gasteiger partial charge in [0.05, 0.1) is 17.6 Å². The summed E-state index contributed by atoms with van der Waals surface area (Å²) in [6.07, 6.45) is 1.59. The Bertz CT molecular complexity index is 937. The minimum atomic E-state index is -3.32. The maximum absolute atomic E-state index is 11.6. The molecule has 3 rings (SSSR count). The molecule has 2 aromatic heterocycles. The van der Waals surface area contributed by atoms with Crippen molar-refractivity contribution in [3.63, 3.8) is 0 Å². The Morgan fingerprint density at radius 3 is 2.82 bits per heavy atom. The van der Waals surface area contributed by atoms with Crippen LogP contribution in [0.4, 0.5) is 5.69 Å². The molecular formula is C14H13ClN4O2S. The fourth-order valence-electron chi connectivity index (χ4n) is 1.95. The van der Waals surface area contributed by atoms with Crippen LogP contribution in [0.2, 0.25) is 5.02 Å². The molecule has 0 spiro atoms. The van der Waals surface area contributed by atoms with E-state index >= 15 is 0 Å². The number of rotatable bonds is 4. The van der Waals surface area contributed by atoms with Gasteiger partial charge in [0.2, 0.25) is 10.0 Å². The Morgan fingerprint density at radius 1 is 1.27 bits per heavy atom. The quantitative estimate of drug-likeness (QED) is 0.794. The molecule has 3 aromatic rings. The fourth-order valence-corrected chi connectivity index (χ4v) is 2.76. The minimum absolute atomic E-state index is 0.0101. The third-order valence-corrected chi connectivity index (χ3v) is 4.61. The molecule has 114 valence electrons. The third kappa shape index (κ3) is 3.05. The van der Waals surface area contributed by atoms with Crippen molar-refractivity contribution in [2.75, 3.05) is 10.5 Å². The molecule has 0 aliphatic rings. The van der Waals surface area contributed by atoms with Crippen LogP contribution >= 0.6 is 11.6 Å². The van der Waals surface area contributed by atoms with E-state index in [4.69, 9.17) is 11.6 Å². The van der Waals surface area contributed by atoms with E-state index in [1.807, 2.05) is 12.1 Å². The Morgan fingerprint density at radius 2 is 2.09 bits per heavy atom. The van der Waals surface area contributed by atoms with Gasteiger partial charge in [-0.2, -0.15) is 0 Å². The van der Waals surface area contributed by atoms with Gasteiger partial charge in [-0.25, -0.2) is 17.9 Å². The largest absolute Gasteiger partial charge is 0.282 e. The first-order chi connectivity index (χ1) is 10.5. The van der Waals surface area contributed by atoms with E-state index in [2.05, 4.69) is 14.8 Å². The Kier molecular flexibility index (Phi) is 3.76. The second kappa shape index (κ2) is 5.58. The highest BCUT2D eigenvalue weighted by Gasteiger charge is 2.10. The zero-order chi connectivity index (χ0) is 15.7. The standard InChI is InChI=1S/C14H13ClN4O2S/c1-2-22(20,21)18-12-6-7-13-16-14(17-19(13)9-12)10-4-3-5-11(15)8-10/h3-9,18H,2H2,1H3. The number of benzene rings is 1. The van der Waals surface area contributed by atoms with Crippen molar-refractivity contribution in [1.29, 1.82) is 0 Å². The molecule has 1 N–H and O–H groups in total. The fraction of sp³-hybridized carbons (Fsp3) is 0.143. The molecule has 1 aromatic carbocycles.